The maximum absolute atomic E-state index is 12.8. The Balaban J connectivity index is 2.35. The van der Waals surface area contributed by atoms with E-state index in [1.54, 1.807) is 11.0 Å². The summed E-state index contributed by atoms with van der Waals surface area (Å²) in [6, 6.07) is 5.33. The molecule has 0 atom stereocenters. The van der Waals surface area contributed by atoms with Crippen LogP contribution in [0.25, 0.3) is 0 Å². The normalized spacial score (nSPS) is 18.0. The van der Waals surface area contributed by atoms with Crippen molar-refractivity contribution in [2.24, 2.45) is 5.92 Å². The Morgan fingerprint density at radius 2 is 1.76 bits per heavy atom. The van der Waals surface area contributed by atoms with Crippen molar-refractivity contribution in [2.45, 2.75) is 23.2 Å². The summed E-state index contributed by atoms with van der Waals surface area (Å²) in [7, 11) is -5.33. The molecular formula is C13H15BrF3NO2S. The summed E-state index contributed by atoms with van der Waals surface area (Å²) in [4.78, 5) is 1.06. The van der Waals surface area contributed by atoms with Crippen LogP contribution in [0.2, 0.25) is 0 Å². The van der Waals surface area contributed by atoms with Crippen LogP contribution in [0.3, 0.4) is 0 Å². The number of piperidine rings is 1. The molecular weight excluding hydrogens is 371 g/mol. The number of para-hydroxylation sites is 1. The van der Waals surface area contributed by atoms with E-state index in [-0.39, 0.29) is 5.69 Å². The molecule has 0 aliphatic carbocycles. The molecule has 1 fully saturated rings. The molecule has 1 aliphatic heterocycles. The molecule has 0 radical (unpaired) electrons. The molecule has 0 N–H and O–H groups in total. The van der Waals surface area contributed by atoms with Crippen molar-refractivity contribution < 1.29 is 21.6 Å². The number of hydrogen-bond acceptors (Lipinski definition) is 3. The molecule has 0 amide bonds. The molecule has 118 valence electrons. The number of nitrogens with zero attached hydrogens (tertiary/aromatic N) is 1. The Morgan fingerprint density at radius 1 is 1.19 bits per heavy atom. The monoisotopic (exact) mass is 385 g/mol. The zero-order valence-electron chi connectivity index (χ0n) is 11.1. The van der Waals surface area contributed by atoms with Gasteiger partial charge in [0.15, 0.2) is 0 Å². The zero-order valence-corrected chi connectivity index (χ0v) is 13.5. The van der Waals surface area contributed by atoms with Crippen molar-refractivity contribution >= 4 is 31.5 Å². The maximum atomic E-state index is 12.8. The van der Waals surface area contributed by atoms with E-state index in [1.807, 2.05) is 0 Å². The quantitative estimate of drug-likeness (QED) is 0.746. The standard InChI is InChI=1S/C13H15BrF3NO2S/c14-9-10-5-7-18(8-6-10)11-3-1-2-4-12(11)21(19,20)13(15,16)17/h1-4,10H,5-9H2. The van der Waals surface area contributed by atoms with E-state index in [2.05, 4.69) is 15.9 Å². The number of benzene rings is 1. The third kappa shape index (κ3) is 3.36. The van der Waals surface area contributed by atoms with Gasteiger partial charge >= 0.3 is 5.51 Å². The van der Waals surface area contributed by atoms with Gasteiger partial charge in [-0.25, -0.2) is 8.42 Å². The summed E-state index contributed by atoms with van der Waals surface area (Å²) in [6.07, 6.45) is 1.65. The number of anilines is 1. The van der Waals surface area contributed by atoms with E-state index < -0.39 is 20.2 Å². The average Bonchev–Trinajstić information content (AvgIpc) is 2.46. The molecule has 8 heteroatoms. The van der Waals surface area contributed by atoms with Gasteiger partial charge in [0.1, 0.15) is 0 Å². The largest absolute Gasteiger partial charge is 0.501 e. The highest BCUT2D eigenvalue weighted by molar-refractivity contribution is 9.09. The van der Waals surface area contributed by atoms with Crippen LogP contribution < -0.4 is 4.90 Å². The Bertz CT molecular complexity index is 596. The molecule has 1 aromatic rings. The fraction of sp³-hybridized carbons (Fsp3) is 0.538. The number of halogens is 4. The molecule has 21 heavy (non-hydrogen) atoms. The number of hydrogen-bond donors (Lipinski definition) is 0. The second-order valence-corrected chi connectivity index (χ2v) is 7.56. The number of sulfone groups is 1. The van der Waals surface area contributed by atoms with Crippen LogP contribution in [0.15, 0.2) is 29.2 Å². The van der Waals surface area contributed by atoms with Crippen LogP contribution in [0.1, 0.15) is 12.8 Å². The Kier molecular flexibility index (Phi) is 4.87. The van der Waals surface area contributed by atoms with Gasteiger partial charge in [-0.1, -0.05) is 28.1 Å². The summed E-state index contributed by atoms with van der Waals surface area (Å²) in [6.45, 7) is 1.11. The van der Waals surface area contributed by atoms with E-state index in [1.165, 1.54) is 12.1 Å². The Morgan fingerprint density at radius 3 is 2.29 bits per heavy atom. The predicted octanol–water partition coefficient (Wildman–Crippen LogP) is 3.59. The van der Waals surface area contributed by atoms with Gasteiger partial charge in [-0.15, -0.1) is 0 Å². The molecule has 0 spiro atoms. The van der Waals surface area contributed by atoms with Crippen molar-refractivity contribution in [1.82, 2.24) is 0 Å². The van der Waals surface area contributed by atoms with Gasteiger partial charge in [0.25, 0.3) is 9.84 Å². The number of rotatable bonds is 3. The molecule has 1 aliphatic rings. The van der Waals surface area contributed by atoms with Gasteiger partial charge in [-0.2, -0.15) is 13.2 Å². The molecule has 0 saturated carbocycles. The third-order valence-corrected chi connectivity index (χ3v) is 6.08. The van der Waals surface area contributed by atoms with Gasteiger partial charge in [-0.05, 0) is 30.9 Å². The topological polar surface area (TPSA) is 37.4 Å². The van der Waals surface area contributed by atoms with Gasteiger partial charge in [0.05, 0.1) is 10.6 Å². The summed E-state index contributed by atoms with van der Waals surface area (Å²) in [5.41, 5.74) is -5.14. The lowest BCUT2D eigenvalue weighted by atomic mass is 9.99. The smallest absolute Gasteiger partial charge is 0.370 e. The highest BCUT2D eigenvalue weighted by Crippen LogP contribution is 2.37. The summed E-state index contributed by atoms with van der Waals surface area (Å²) < 4.78 is 61.7. The zero-order chi connectivity index (χ0) is 15.7. The van der Waals surface area contributed by atoms with Crippen LogP contribution in [-0.2, 0) is 9.84 Å². The van der Waals surface area contributed by atoms with E-state index >= 15 is 0 Å². The van der Waals surface area contributed by atoms with Crippen molar-refractivity contribution in [1.29, 1.82) is 0 Å². The minimum absolute atomic E-state index is 0.142. The van der Waals surface area contributed by atoms with Crippen molar-refractivity contribution in [3.63, 3.8) is 0 Å². The van der Waals surface area contributed by atoms with Gasteiger partial charge in [0.2, 0.25) is 0 Å². The highest BCUT2D eigenvalue weighted by Gasteiger charge is 2.48. The fourth-order valence-electron chi connectivity index (χ4n) is 2.40. The SMILES string of the molecule is O=S(=O)(c1ccccc1N1CCC(CBr)CC1)C(F)(F)F. The molecule has 3 nitrogen and oxygen atoms in total. The van der Waals surface area contributed by atoms with E-state index in [9.17, 15) is 21.6 Å². The van der Waals surface area contributed by atoms with E-state index in [0.717, 1.165) is 24.2 Å². The molecule has 0 bridgehead atoms. The van der Waals surface area contributed by atoms with Crippen molar-refractivity contribution in [3.05, 3.63) is 24.3 Å². The number of alkyl halides is 4. The molecule has 1 heterocycles. The van der Waals surface area contributed by atoms with Crippen LogP contribution in [-0.4, -0.2) is 32.3 Å². The Hall–Kier alpha value is -0.760. The minimum atomic E-state index is -5.33. The van der Waals surface area contributed by atoms with Crippen LogP contribution >= 0.6 is 15.9 Å². The fourth-order valence-corrected chi connectivity index (χ4v) is 4.03. The second-order valence-electron chi connectivity index (χ2n) is 5.00. The second kappa shape index (κ2) is 6.16. The molecule has 2 rings (SSSR count). The lowest BCUT2D eigenvalue weighted by Crippen LogP contribution is -2.36. The Labute approximate surface area is 130 Å². The first-order chi connectivity index (χ1) is 9.77. The summed E-state index contributed by atoms with van der Waals surface area (Å²) in [5.74, 6) is 0.479. The summed E-state index contributed by atoms with van der Waals surface area (Å²) >= 11 is 3.40. The maximum Gasteiger partial charge on any atom is 0.501 e. The predicted molar refractivity (Wildman–Crippen MR) is 78.4 cm³/mol. The van der Waals surface area contributed by atoms with Crippen LogP contribution in [0.5, 0.6) is 0 Å². The van der Waals surface area contributed by atoms with Gasteiger partial charge in [0, 0.05) is 18.4 Å². The molecule has 1 aromatic carbocycles. The van der Waals surface area contributed by atoms with E-state index in [0.29, 0.717) is 19.0 Å². The lowest BCUT2D eigenvalue weighted by molar-refractivity contribution is -0.0435. The van der Waals surface area contributed by atoms with Gasteiger partial charge < -0.3 is 4.90 Å². The van der Waals surface area contributed by atoms with Gasteiger partial charge in [-0.3, -0.25) is 0 Å². The average molecular weight is 386 g/mol. The first-order valence-corrected chi connectivity index (χ1v) is 9.09. The van der Waals surface area contributed by atoms with Crippen LogP contribution in [0.4, 0.5) is 18.9 Å². The molecule has 0 aromatic heterocycles. The first-order valence-electron chi connectivity index (χ1n) is 6.48. The van der Waals surface area contributed by atoms with Crippen molar-refractivity contribution in [2.75, 3.05) is 23.3 Å². The minimum Gasteiger partial charge on any atom is -0.370 e. The van der Waals surface area contributed by atoms with Crippen molar-refractivity contribution in [3.8, 4) is 0 Å². The van der Waals surface area contributed by atoms with Crippen LogP contribution in [0, 0.1) is 5.92 Å². The highest BCUT2D eigenvalue weighted by atomic mass is 79.9. The summed E-state index contributed by atoms with van der Waals surface area (Å²) in [5, 5.41) is 0.851. The molecule has 1 saturated heterocycles. The third-order valence-electron chi connectivity index (χ3n) is 3.63. The first kappa shape index (κ1) is 16.6. The van der Waals surface area contributed by atoms with E-state index in [4.69, 9.17) is 0 Å². The molecule has 0 unspecified atom stereocenters. The lowest BCUT2D eigenvalue weighted by Gasteiger charge is -2.34.